The van der Waals surface area contributed by atoms with E-state index in [2.05, 4.69) is 11.6 Å². The fraction of sp³-hybridized carbons (Fsp3) is 0.143. The van der Waals surface area contributed by atoms with Crippen LogP contribution in [0, 0.1) is 6.92 Å². The van der Waals surface area contributed by atoms with E-state index in [4.69, 9.17) is 14.2 Å². The number of cyclic esters (lactones) is 1. The van der Waals surface area contributed by atoms with Gasteiger partial charge in [0.05, 0.1) is 7.11 Å². The molecule has 0 N–H and O–H groups in total. The van der Waals surface area contributed by atoms with E-state index >= 15 is 0 Å². The van der Waals surface area contributed by atoms with Gasteiger partial charge in [0, 0.05) is 5.56 Å². The Morgan fingerprint density at radius 1 is 1.19 bits per heavy atom. The molecular formula is C21H19NO4. The molecule has 132 valence electrons. The van der Waals surface area contributed by atoms with Crippen LogP contribution in [-0.4, -0.2) is 25.6 Å². The van der Waals surface area contributed by atoms with Crippen molar-refractivity contribution in [1.82, 2.24) is 0 Å². The lowest BCUT2D eigenvalue weighted by Crippen LogP contribution is -2.05. The molecule has 0 bridgehead atoms. The Labute approximate surface area is 152 Å². The number of benzene rings is 2. The number of carbonyl (C=O) groups excluding carboxylic acids is 1. The molecule has 26 heavy (non-hydrogen) atoms. The minimum atomic E-state index is -0.479. The molecule has 2 aromatic carbocycles. The van der Waals surface area contributed by atoms with Crippen molar-refractivity contribution in [2.75, 3.05) is 13.7 Å². The Morgan fingerprint density at radius 2 is 2.04 bits per heavy atom. The van der Waals surface area contributed by atoms with Gasteiger partial charge in [0.2, 0.25) is 5.90 Å². The molecule has 0 atom stereocenters. The van der Waals surface area contributed by atoms with E-state index < -0.39 is 5.97 Å². The lowest BCUT2D eigenvalue weighted by atomic mass is 10.1. The average Bonchev–Trinajstić information content (AvgIpc) is 3.01. The van der Waals surface area contributed by atoms with Gasteiger partial charge in [0.15, 0.2) is 17.2 Å². The molecule has 5 nitrogen and oxygen atoms in total. The molecule has 0 radical (unpaired) electrons. The highest BCUT2D eigenvalue weighted by Gasteiger charge is 2.24. The summed E-state index contributed by atoms with van der Waals surface area (Å²) in [5, 5.41) is 0. The van der Waals surface area contributed by atoms with E-state index in [-0.39, 0.29) is 5.70 Å². The van der Waals surface area contributed by atoms with Gasteiger partial charge in [-0.25, -0.2) is 9.79 Å². The first-order valence-corrected chi connectivity index (χ1v) is 8.12. The lowest BCUT2D eigenvalue weighted by Gasteiger charge is -2.09. The maximum Gasteiger partial charge on any atom is 0.363 e. The smallest absolute Gasteiger partial charge is 0.363 e. The summed E-state index contributed by atoms with van der Waals surface area (Å²) in [5.74, 6) is 0.998. The maximum absolute atomic E-state index is 12.1. The van der Waals surface area contributed by atoms with Gasteiger partial charge in [-0.3, -0.25) is 0 Å². The summed E-state index contributed by atoms with van der Waals surface area (Å²) in [6, 6.07) is 13.0. The molecule has 3 rings (SSSR count). The van der Waals surface area contributed by atoms with Crippen LogP contribution in [0.4, 0.5) is 0 Å². The average molecular weight is 349 g/mol. The summed E-state index contributed by atoms with van der Waals surface area (Å²) in [5.41, 5.74) is 2.84. The molecule has 0 amide bonds. The number of aliphatic imine (C=N–C) groups is 1. The van der Waals surface area contributed by atoms with E-state index in [0.717, 1.165) is 16.7 Å². The van der Waals surface area contributed by atoms with Crippen LogP contribution in [0.15, 0.2) is 65.8 Å². The minimum Gasteiger partial charge on any atom is -0.493 e. The predicted molar refractivity (Wildman–Crippen MR) is 100 cm³/mol. The number of rotatable bonds is 6. The van der Waals surface area contributed by atoms with Crippen molar-refractivity contribution in [2.24, 2.45) is 4.99 Å². The van der Waals surface area contributed by atoms with Crippen LogP contribution in [0.5, 0.6) is 11.5 Å². The molecule has 0 fully saturated rings. The highest BCUT2D eigenvalue weighted by atomic mass is 16.6. The molecule has 0 saturated heterocycles. The van der Waals surface area contributed by atoms with Gasteiger partial charge in [-0.2, -0.15) is 0 Å². The summed E-state index contributed by atoms with van der Waals surface area (Å²) in [6.45, 7) is 5.98. The zero-order valence-electron chi connectivity index (χ0n) is 14.7. The Morgan fingerprint density at radius 3 is 2.77 bits per heavy atom. The molecule has 5 heteroatoms. The normalized spacial score (nSPS) is 14.8. The molecule has 0 aliphatic carbocycles. The minimum absolute atomic E-state index is 0.239. The van der Waals surface area contributed by atoms with Crippen molar-refractivity contribution in [3.8, 4) is 11.5 Å². The topological polar surface area (TPSA) is 57.1 Å². The first-order valence-electron chi connectivity index (χ1n) is 8.12. The zero-order valence-corrected chi connectivity index (χ0v) is 14.7. The Balaban J connectivity index is 1.89. The molecule has 0 aromatic heterocycles. The monoisotopic (exact) mass is 349 g/mol. The number of nitrogens with zero attached hydrogens (tertiary/aromatic N) is 1. The predicted octanol–water partition coefficient (Wildman–Crippen LogP) is 3.91. The Kier molecular flexibility index (Phi) is 5.17. The molecule has 0 saturated carbocycles. The van der Waals surface area contributed by atoms with Crippen LogP contribution in [0.1, 0.15) is 16.7 Å². The van der Waals surface area contributed by atoms with E-state index in [1.165, 1.54) is 0 Å². The molecular weight excluding hydrogens is 330 g/mol. The molecule has 2 aromatic rings. The van der Waals surface area contributed by atoms with E-state index in [1.807, 2.05) is 37.3 Å². The first-order chi connectivity index (χ1) is 12.6. The van der Waals surface area contributed by atoms with Gasteiger partial charge >= 0.3 is 5.97 Å². The van der Waals surface area contributed by atoms with Crippen molar-refractivity contribution in [1.29, 1.82) is 0 Å². The summed E-state index contributed by atoms with van der Waals surface area (Å²) < 4.78 is 16.2. The Hall–Kier alpha value is -3.34. The molecule has 1 aliphatic rings. The largest absolute Gasteiger partial charge is 0.493 e. The van der Waals surface area contributed by atoms with E-state index in [9.17, 15) is 4.79 Å². The van der Waals surface area contributed by atoms with Gasteiger partial charge in [-0.15, -0.1) is 0 Å². The maximum atomic E-state index is 12.1. The number of hydrogen-bond donors (Lipinski definition) is 0. The van der Waals surface area contributed by atoms with Gasteiger partial charge < -0.3 is 14.2 Å². The van der Waals surface area contributed by atoms with Crippen molar-refractivity contribution in [3.63, 3.8) is 0 Å². The van der Waals surface area contributed by atoms with Crippen LogP contribution in [-0.2, 0) is 9.53 Å². The third-order valence-corrected chi connectivity index (χ3v) is 3.73. The first kappa shape index (κ1) is 17.5. The molecule has 1 heterocycles. The highest BCUT2D eigenvalue weighted by Crippen LogP contribution is 2.29. The van der Waals surface area contributed by atoms with Crippen molar-refractivity contribution >= 4 is 17.9 Å². The molecule has 0 unspecified atom stereocenters. The third-order valence-electron chi connectivity index (χ3n) is 3.73. The fourth-order valence-electron chi connectivity index (χ4n) is 2.51. The third kappa shape index (κ3) is 3.83. The number of esters is 1. The quantitative estimate of drug-likeness (QED) is 0.451. The fourth-order valence-corrected chi connectivity index (χ4v) is 2.51. The van der Waals surface area contributed by atoms with Gasteiger partial charge in [-0.05, 0) is 42.8 Å². The van der Waals surface area contributed by atoms with Crippen LogP contribution >= 0.6 is 0 Å². The Bertz CT molecular complexity index is 912. The van der Waals surface area contributed by atoms with E-state index in [1.54, 1.807) is 31.4 Å². The summed E-state index contributed by atoms with van der Waals surface area (Å²) >= 11 is 0. The number of methoxy groups -OCH3 is 1. The second-order valence-electron chi connectivity index (χ2n) is 5.72. The van der Waals surface area contributed by atoms with E-state index in [0.29, 0.717) is 24.0 Å². The van der Waals surface area contributed by atoms with Crippen molar-refractivity contribution in [3.05, 3.63) is 77.5 Å². The van der Waals surface area contributed by atoms with Crippen molar-refractivity contribution in [2.45, 2.75) is 6.92 Å². The second-order valence-corrected chi connectivity index (χ2v) is 5.72. The number of aryl methyl sites for hydroxylation is 1. The summed E-state index contributed by atoms with van der Waals surface area (Å²) in [7, 11) is 1.56. The van der Waals surface area contributed by atoms with Crippen LogP contribution < -0.4 is 9.47 Å². The van der Waals surface area contributed by atoms with Crippen LogP contribution in [0.25, 0.3) is 6.08 Å². The molecule has 1 aliphatic heterocycles. The summed E-state index contributed by atoms with van der Waals surface area (Å²) in [4.78, 5) is 16.5. The molecule has 0 spiro atoms. The standard InChI is InChI=1S/C21H19NO4/c1-4-10-25-18-9-8-15(13-19(18)24-3)12-17-21(23)26-20(22-17)16-7-5-6-14(2)11-16/h4-9,11-13H,1,10H2,2-3H3/b17-12-. The lowest BCUT2D eigenvalue weighted by molar-refractivity contribution is -0.129. The number of carbonyl (C=O) groups is 1. The SMILES string of the molecule is C=CCOc1ccc(/C=C2\N=C(c3cccc(C)c3)OC2=O)cc1OC. The second kappa shape index (κ2) is 7.70. The summed E-state index contributed by atoms with van der Waals surface area (Å²) in [6.07, 6.45) is 3.32. The number of hydrogen-bond acceptors (Lipinski definition) is 5. The van der Waals surface area contributed by atoms with Crippen molar-refractivity contribution < 1.29 is 19.0 Å². The number of ether oxygens (including phenoxy) is 3. The van der Waals surface area contributed by atoms with Gasteiger partial charge in [-0.1, -0.05) is 36.4 Å². The highest BCUT2D eigenvalue weighted by molar-refractivity contribution is 6.12. The van der Waals surface area contributed by atoms with Gasteiger partial charge in [0.1, 0.15) is 6.61 Å². The zero-order chi connectivity index (χ0) is 18.5. The van der Waals surface area contributed by atoms with Crippen LogP contribution in [0.2, 0.25) is 0 Å². The van der Waals surface area contributed by atoms with Crippen LogP contribution in [0.3, 0.4) is 0 Å². The van der Waals surface area contributed by atoms with Gasteiger partial charge in [0.25, 0.3) is 0 Å².